The Kier molecular flexibility index (Phi) is 4.39. The van der Waals surface area contributed by atoms with E-state index in [-0.39, 0.29) is 5.56 Å². The van der Waals surface area contributed by atoms with Crippen molar-refractivity contribution in [3.63, 3.8) is 0 Å². The summed E-state index contributed by atoms with van der Waals surface area (Å²) in [6.07, 6.45) is 0. The second kappa shape index (κ2) is 6.76. The third kappa shape index (κ3) is 2.66. The molecule has 0 unspecified atom stereocenters. The van der Waals surface area contributed by atoms with E-state index in [1.165, 1.54) is 14.2 Å². The van der Waals surface area contributed by atoms with Gasteiger partial charge in [-0.15, -0.1) is 0 Å². The zero-order valence-electron chi connectivity index (χ0n) is 15.1. The Labute approximate surface area is 169 Å². The Hall–Kier alpha value is -3.19. The molecule has 6 nitrogen and oxygen atoms in total. The normalized spacial score (nSPS) is 13.0. The van der Waals surface area contributed by atoms with E-state index in [0.717, 1.165) is 15.4 Å². The van der Waals surface area contributed by atoms with E-state index in [9.17, 15) is 14.4 Å². The van der Waals surface area contributed by atoms with Crippen molar-refractivity contribution in [3.05, 3.63) is 75.8 Å². The van der Waals surface area contributed by atoms with E-state index < -0.39 is 17.7 Å². The summed E-state index contributed by atoms with van der Waals surface area (Å²) in [5.41, 5.74) is 0.911. The van der Waals surface area contributed by atoms with Gasteiger partial charge in [0.25, 0.3) is 17.7 Å². The van der Waals surface area contributed by atoms with Gasteiger partial charge in [-0.05, 0) is 41.1 Å². The largest absolute Gasteiger partial charge is 0.497 e. The number of hydrogen-bond donors (Lipinski definition) is 0. The highest BCUT2D eigenvalue weighted by Crippen LogP contribution is 2.35. The molecule has 0 radical (unpaired) electrons. The zero-order valence-corrected chi connectivity index (χ0v) is 16.7. The molecule has 0 bridgehead atoms. The predicted octanol–water partition coefficient (Wildman–Crippen LogP) is 3.89. The monoisotopic (exact) mass is 438 g/mol. The SMILES string of the molecule is COc1ccc(C(=O)N(C)N2C(=O)c3cc(Br)c4ccccc4c3C2=O)cc1. The van der Waals surface area contributed by atoms with Gasteiger partial charge >= 0.3 is 0 Å². The number of amides is 3. The minimum atomic E-state index is -0.532. The molecule has 1 heterocycles. The second-order valence-electron chi connectivity index (χ2n) is 6.31. The third-order valence-electron chi connectivity index (χ3n) is 4.75. The van der Waals surface area contributed by atoms with Gasteiger partial charge in [-0.1, -0.05) is 40.2 Å². The maximum Gasteiger partial charge on any atom is 0.281 e. The summed E-state index contributed by atoms with van der Waals surface area (Å²) in [7, 11) is 2.94. The number of imide groups is 1. The average Bonchev–Trinajstić information content (AvgIpc) is 2.97. The summed E-state index contributed by atoms with van der Waals surface area (Å²) in [5.74, 6) is -0.916. The highest BCUT2D eigenvalue weighted by Gasteiger charge is 2.41. The van der Waals surface area contributed by atoms with Crippen molar-refractivity contribution in [1.82, 2.24) is 10.0 Å². The molecule has 0 aromatic heterocycles. The summed E-state index contributed by atoms with van der Waals surface area (Å²) in [6, 6.07) is 15.4. The molecule has 140 valence electrons. The van der Waals surface area contributed by atoms with Gasteiger partial charge < -0.3 is 4.74 Å². The molecular weight excluding hydrogens is 424 g/mol. The number of nitrogens with zero attached hydrogens (tertiary/aromatic N) is 2. The number of hydrogen-bond acceptors (Lipinski definition) is 4. The molecule has 0 saturated heterocycles. The lowest BCUT2D eigenvalue weighted by molar-refractivity contribution is 0.0128. The third-order valence-corrected chi connectivity index (χ3v) is 5.41. The first-order valence-electron chi connectivity index (χ1n) is 8.46. The smallest absolute Gasteiger partial charge is 0.281 e. The molecule has 3 aromatic carbocycles. The van der Waals surface area contributed by atoms with Gasteiger partial charge in [0.1, 0.15) is 5.75 Å². The van der Waals surface area contributed by atoms with E-state index in [4.69, 9.17) is 4.74 Å². The van der Waals surface area contributed by atoms with Crippen LogP contribution in [0.25, 0.3) is 10.8 Å². The molecule has 0 aliphatic carbocycles. The topological polar surface area (TPSA) is 66.9 Å². The van der Waals surface area contributed by atoms with Crippen molar-refractivity contribution in [2.45, 2.75) is 0 Å². The van der Waals surface area contributed by atoms with E-state index in [2.05, 4.69) is 15.9 Å². The Morgan fingerprint density at radius 2 is 1.64 bits per heavy atom. The highest BCUT2D eigenvalue weighted by atomic mass is 79.9. The minimum absolute atomic E-state index is 0.268. The number of carbonyl (C=O) groups is 3. The first-order chi connectivity index (χ1) is 13.4. The molecule has 0 fully saturated rings. The van der Waals surface area contributed by atoms with Gasteiger partial charge in [0.05, 0.1) is 18.2 Å². The van der Waals surface area contributed by atoms with Gasteiger partial charge in [0, 0.05) is 17.1 Å². The Morgan fingerprint density at radius 1 is 1.00 bits per heavy atom. The number of carbonyl (C=O) groups excluding carboxylic acids is 3. The van der Waals surface area contributed by atoms with Crippen LogP contribution in [0.5, 0.6) is 5.75 Å². The fourth-order valence-electron chi connectivity index (χ4n) is 3.33. The molecule has 1 aliphatic rings. The van der Waals surface area contributed by atoms with Gasteiger partial charge in [0.2, 0.25) is 0 Å². The molecule has 4 rings (SSSR count). The first-order valence-corrected chi connectivity index (χ1v) is 9.25. The molecule has 3 aromatic rings. The van der Waals surface area contributed by atoms with E-state index in [1.807, 2.05) is 18.2 Å². The van der Waals surface area contributed by atoms with Gasteiger partial charge in [0.15, 0.2) is 0 Å². The van der Waals surface area contributed by atoms with Crippen molar-refractivity contribution in [1.29, 1.82) is 0 Å². The number of benzene rings is 3. The lowest BCUT2D eigenvalue weighted by Crippen LogP contribution is -2.47. The number of halogens is 1. The Balaban J connectivity index is 1.74. The van der Waals surface area contributed by atoms with Crippen molar-refractivity contribution < 1.29 is 19.1 Å². The molecule has 3 amide bonds. The van der Waals surface area contributed by atoms with Crippen LogP contribution >= 0.6 is 15.9 Å². The summed E-state index contributed by atoms with van der Waals surface area (Å²) < 4.78 is 5.81. The number of hydrazine groups is 1. The van der Waals surface area contributed by atoms with Crippen LogP contribution in [0.3, 0.4) is 0 Å². The van der Waals surface area contributed by atoms with Gasteiger partial charge in [-0.2, -0.15) is 5.01 Å². The fourth-order valence-corrected chi connectivity index (χ4v) is 3.90. The van der Waals surface area contributed by atoms with Gasteiger partial charge in [-0.25, -0.2) is 5.01 Å². The lowest BCUT2D eigenvalue weighted by Gasteiger charge is -2.26. The average molecular weight is 439 g/mol. The molecular formula is C21H15BrN2O4. The van der Waals surface area contributed by atoms with Crippen LogP contribution in [0, 0.1) is 0 Å². The van der Waals surface area contributed by atoms with Crippen molar-refractivity contribution in [2.75, 3.05) is 14.2 Å². The van der Waals surface area contributed by atoms with Crippen LogP contribution in [0.2, 0.25) is 0 Å². The minimum Gasteiger partial charge on any atom is -0.497 e. The Bertz CT molecular complexity index is 1140. The number of fused-ring (bicyclic) bond motifs is 3. The molecule has 1 aliphatic heterocycles. The maximum atomic E-state index is 13.1. The standard InChI is InChI=1S/C21H15BrN2O4/c1-23(19(25)12-7-9-13(28-2)10-8-12)24-20(26)16-11-17(22)14-5-3-4-6-15(14)18(16)21(24)27/h3-11H,1-2H3. The second-order valence-corrected chi connectivity index (χ2v) is 7.16. The quantitative estimate of drug-likeness (QED) is 0.581. The summed E-state index contributed by atoms with van der Waals surface area (Å²) in [4.78, 5) is 38.9. The molecule has 28 heavy (non-hydrogen) atoms. The van der Waals surface area contributed by atoms with Crippen molar-refractivity contribution in [2.24, 2.45) is 0 Å². The van der Waals surface area contributed by atoms with Crippen LogP contribution in [-0.4, -0.2) is 41.9 Å². The summed E-state index contributed by atoms with van der Waals surface area (Å²) in [5, 5.41) is 3.43. The number of ether oxygens (including phenoxy) is 1. The van der Waals surface area contributed by atoms with E-state index >= 15 is 0 Å². The Morgan fingerprint density at radius 3 is 2.29 bits per heavy atom. The molecule has 0 N–H and O–H groups in total. The van der Waals surface area contributed by atoms with E-state index in [1.54, 1.807) is 36.4 Å². The lowest BCUT2D eigenvalue weighted by atomic mass is 10.0. The molecule has 0 atom stereocenters. The molecule has 7 heteroatoms. The summed E-state index contributed by atoms with van der Waals surface area (Å²) in [6.45, 7) is 0. The molecule has 0 spiro atoms. The van der Waals surface area contributed by atoms with Crippen LogP contribution in [0.4, 0.5) is 0 Å². The summed E-state index contributed by atoms with van der Waals surface area (Å²) >= 11 is 3.46. The number of rotatable bonds is 3. The first kappa shape index (κ1) is 18.2. The van der Waals surface area contributed by atoms with E-state index in [0.29, 0.717) is 26.7 Å². The molecule has 0 saturated carbocycles. The predicted molar refractivity (Wildman–Crippen MR) is 107 cm³/mol. The highest BCUT2D eigenvalue weighted by molar-refractivity contribution is 9.10. The van der Waals surface area contributed by atoms with Crippen LogP contribution in [-0.2, 0) is 0 Å². The van der Waals surface area contributed by atoms with Gasteiger partial charge in [-0.3, -0.25) is 14.4 Å². The van der Waals surface area contributed by atoms with Crippen molar-refractivity contribution in [3.8, 4) is 5.75 Å². The number of methoxy groups -OCH3 is 1. The van der Waals surface area contributed by atoms with Crippen LogP contribution < -0.4 is 4.74 Å². The maximum absolute atomic E-state index is 13.1. The van der Waals surface area contributed by atoms with Crippen LogP contribution in [0.1, 0.15) is 31.1 Å². The van der Waals surface area contributed by atoms with Crippen LogP contribution in [0.15, 0.2) is 59.1 Å². The fraction of sp³-hybridized carbons (Fsp3) is 0.0952. The zero-order chi connectivity index (χ0) is 20.0. The van der Waals surface area contributed by atoms with Crippen molar-refractivity contribution >= 4 is 44.4 Å².